The van der Waals surface area contributed by atoms with Crippen molar-refractivity contribution in [2.45, 2.75) is 25.7 Å². The molecule has 3 rings (SSSR count). The Balaban J connectivity index is 1.35. The third-order valence-corrected chi connectivity index (χ3v) is 4.72. The minimum atomic E-state index is 0.781. The second-order valence-electron chi connectivity index (χ2n) is 6.01. The summed E-state index contributed by atoms with van der Waals surface area (Å²) in [7, 11) is 0. The molecule has 1 N–H and O–H groups in total. The molecule has 0 bridgehead atoms. The molecule has 2 aliphatic heterocycles. The Morgan fingerprint density at radius 1 is 0.875 bits per heavy atom. The van der Waals surface area contributed by atoms with E-state index >= 15 is 0 Å². The van der Waals surface area contributed by atoms with Gasteiger partial charge in [0.2, 0.25) is 0 Å². The lowest BCUT2D eigenvalue weighted by molar-refractivity contribution is -0.000498. The van der Waals surface area contributed by atoms with Gasteiger partial charge in [-0.2, -0.15) is 0 Å². The number of hydrogen-bond acceptors (Lipinski definition) is 3. The predicted octanol–water partition coefficient (Wildman–Crippen LogP) is 0.768. The van der Waals surface area contributed by atoms with E-state index in [1.807, 2.05) is 0 Å². The normalized spacial score (nSPS) is 30.8. The van der Waals surface area contributed by atoms with Crippen molar-refractivity contribution in [3.8, 4) is 0 Å². The van der Waals surface area contributed by atoms with E-state index in [-0.39, 0.29) is 0 Å². The number of piperazine rings is 1. The fourth-order valence-corrected chi connectivity index (χ4v) is 3.72. The standard InChI is InChI=1S/C13H25N3/c1-2-4-13(3-1)11-16(12-13)10-9-15-7-5-14-6-8-15/h14H,1-12H2. The number of likely N-dealkylation sites (tertiary alicyclic amines) is 1. The monoisotopic (exact) mass is 223 g/mol. The van der Waals surface area contributed by atoms with Crippen LogP contribution in [0.5, 0.6) is 0 Å². The van der Waals surface area contributed by atoms with Crippen molar-refractivity contribution in [1.29, 1.82) is 0 Å². The van der Waals surface area contributed by atoms with Crippen LogP contribution in [0.15, 0.2) is 0 Å². The molecular weight excluding hydrogens is 198 g/mol. The maximum atomic E-state index is 3.41. The zero-order valence-corrected chi connectivity index (χ0v) is 10.4. The molecule has 16 heavy (non-hydrogen) atoms. The van der Waals surface area contributed by atoms with E-state index in [4.69, 9.17) is 0 Å². The van der Waals surface area contributed by atoms with Crippen LogP contribution in [0, 0.1) is 5.41 Å². The maximum absolute atomic E-state index is 3.41. The summed E-state index contributed by atoms with van der Waals surface area (Å²) in [5.41, 5.74) is 0.781. The van der Waals surface area contributed by atoms with E-state index in [0.717, 1.165) is 5.41 Å². The summed E-state index contributed by atoms with van der Waals surface area (Å²) >= 11 is 0. The third-order valence-electron chi connectivity index (χ3n) is 4.72. The summed E-state index contributed by atoms with van der Waals surface area (Å²) in [5, 5.41) is 3.41. The molecule has 3 fully saturated rings. The minimum Gasteiger partial charge on any atom is -0.314 e. The van der Waals surface area contributed by atoms with Gasteiger partial charge in [0, 0.05) is 52.4 Å². The number of nitrogens with one attached hydrogen (secondary N) is 1. The van der Waals surface area contributed by atoms with E-state index in [1.165, 1.54) is 78.0 Å². The van der Waals surface area contributed by atoms with Gasteiger partial charge < -0.3 is 10.2 Å². The highest BCUT2D eigenvalue weighted by atomic mass is 15.3. The van der Waals surface area contributed by atoms with E-state index in [1.54, 1.807) is 0 Å². The lowest BCUT2D eigenvalue weighted by Gasteiger charge is -2.49. The highest BCUT2D eigenvalue weighted by Gasteiger charge is 2.44. The van der Waals surface area contributed by atoms with Gasteiger partial charge in [0.05, 0.1) is 0 Å². The second-order valence-corrected chi connectivity index (χ2v) is 6.01. The molecule has 3 nitrogen and oxygen atoms in total. The first-order chi connectivity index (χ1) is 7.86. The van der Waals surface area contributed by atoms with Crippen molar-refractivity contribution in [3.05, 3.63) is 0 Å². The summed E-state index contributed by atoms with van der Waals surface area (Å²) in [4.78, 5) is 5.28. The highest BCUT2D eigenvalue weighted by Crippen LogP contribution is 2.45. The van der Waals surface area contributed by atoms with E-state index in [9.17, 15) is 0 Å². The molecule has 0 radical (unpaired) electrons. The van der Waals surface area contributed by atoms with Gasteiger partial charge in [-0.15, -0.1) is 0 Å². The average Bonchev–Trinajstić information content (AvgIpc) is 2.75. The van der Waals surface area contributed by atoms with Crippen molar-refractivity contribution < 1.29 is 0 Å². The zero-order chi connectivity index (χ0) is 10.8. The third kappa shape index (κ3) is 2.27. The van der Waals surface area contributed by atoms with Gasteiger partial charge in [-0.25, -0.2) is 0 Å². The van der Waals surface area contributed by atoms with Crippen molar-refractivity contribution >= 4 is 0 Å². The largest absolute Gasteiger partial charge is 0.314 e. The van der Waals surface area contributed by atoms with E-state index < -0.39 is 0 Å². The molecule has 1 saturated carbocycles. The fourth-order valence-electron chi connectivity index (χ4n) is 3.72. The first kappa shape index (κ1) is 11.0. The fraction of sp³-hybridized carbons (Fsp3) is 1.00. The Bertz CT molecular complexity index is 221. The van der Waals surface area contributed by atoms with Crippen molar-refractivity contribution in [2.24, 2.45) is 5.41 Å². The number of rotatable bonds is 3. The van der Waals surface area contributed by atoms with Crippen LogP contribution in [0.3, 0.4) is 0 Å². The van der Waals surface area contributed by atoms with E-state index in [0.29, 0.717) is 0 Å². The highest BCUT2D eigenvalue weighted by molar-refractivity contribution is 4.97. The second kappa shape index (κ2) is 4.63. The van der Waals surface area contributed by atoms with Crippen LogP contribution in [-0.4, -0.2) is 62.2 Å². The van der Waals surface area contributed by atoms with Crippen molar-refractivity contribution in [1.82, 2.24) is 15.1 Å². The van der Waals surface area contributed by atoms with Crippen LogP contribution >= 0.6 is 0 Å². The Hall–Kier alpha value is -0.120. The first-order valence-electron chi connectivity index (χ1n) is 7.02. The smallest absolute Gasteiger partial charge is 0.0110 e. The van der Waals surface area contributed by atoms with Crippen LogP contribution < -0.4 is 5.32 Å². The topological polar surface area (TPSA) is 18.5 Å². The summed E-state index contributed by atoms with van der Waals surface area (Å²) in [5.74, 6) is 0. The Morgan fingerprint density at radius 2 is 1.50 bits per heavy atom. The lowest BCUT2D eigenvalue weighted by atomic mass is 9.78. The van der Waals surface area contributed by atoms with Gasteiger partial charge in [0.25, 0.3) is 0 Å². The molecule has 0 unspecified atom stereocenters. The molecular formula is C13H25N3. The number of nitrogens with zero attached hydrogens (tertiary/aromatic N) is 2. The average molecular weight is 223 g/mol. The summed E-state index contributed by atoms with van der Waals surface area (Å²) < 4.78 is 0. The van der Waals surface area contributed by atoms with Crippen LogP contribution in [0.2, 0.25) is 0 Å². The summed E-state index contributed by atoms with van der Waals surface area (Å²) in [6.07, 6.45) is 6.01. The maximum Gasteiger partial charge on any atom is 0.0110 e. The van der Waals surface area contributed by atoms with E-state index in [2.05, 4.69) is 15.1 Å². The van der Waals surface area contributed by atoms with Gasteiger partial charge in [-0.1, -0.05) is 12.8 Å². The molecule has 0 amide bonds. The Labute approximate surface area is 99.2 Å². The molecule has 1 aliphatic carbocycles. The number of hydrogen-bond donors (Lipinski definition) is 1. The van der Waals surface area contributed by atoms with Gasteiger partial charge >= 0.3 is 0 Å². The minimum absolute atomic E-state index is 0.781. The Kier molecular flexibility index (Phi) is 3.18. The van der Waals surface area contributed by atoms with Gasteiger partial charge in [0.1, 0.15) is 0 Å². The summed E-state index contributed by atoms with van der Waals surface area (Å²) in [6.45, 7) is 10.3. The molecule has 3 aliphatic rings. The zero-order valence-electron chi connectivity index (χ0n) is 10.4. The molecule has 3 heteroatoms. The molecule has 0 aromatic heterocycles. The molecule has 0 atom stereocenters. The van der Waals surface area contributed by atoms with Gasteiger partial charge in [-0.3, -0.25) is 4.90 Å². The van der Waals surface area contributed by atoms with Crippen LogP contribution in [0.25, 0.3) is 0 Å². The lowest BCUT2D eigenvalue weighted by Crippen LogP contribution is -2.57. The first-order valence-corrected chi connectivity index (χ1v) is 7.02. The summed E-state index contributed by atoms with van der Waals surface area (Å²) in [6, 6.07) is 0. The van der Waals surface area contributed by atoms with Crippen LogP contribution in [0.4, 0.5) is 0 Å². The van der Waals surface area contributed by atoms with Gasteiger partial charge in [0.15, 0.2) is 0 Å². The predicted molar refractivity (Wildman–Crippen MR) is 66.7 cm³/mol. The molecule has 0 aromatic rings. The van der Waals surface area contributed by atoms with Crippen LogP contribution in [0.1, 0.15) is 25.7 Å². The molecule has 1 spiro atoms. The Morgan fingerprint density at radius 3 is 2.19 bits per heavy atom. The molecule has 2 heterocycles. The van der Waals surface area contributed by atoms with Crippen molar-refractivity contribution in [3.63, 3.8) is 0 Å². The quantitative estimate of drug-likeness (QED) is 0.762. The van der Waals surface area contributed by atoms with Gasteiger partial charge in [-0.05, 0) is 18.3 Å². The molecule has 92 valence electrons. The molecule has 0 aromatic carbocycles. The SMILES string of the molecule is C1CCC2(C1)CN(CCN1CCNCC1)C2. The molecule has 2 saturated heterocycles. The van der Waals surface area contributed by atoms with Crippen molar-refractivity contribution in [2.75, 3.05) is 52.4 Å². The van der Waals surface area contributed by atoms with Crippen LogP contribution in [-0.2, 0) is 0 Å².